The van der Waals surface area contributed by atoms with Gasteiger partial charge in [-0.25, -0.2) is 4.79 Å². The summed E-state index contributed by atoms with van der Waals surface area (Å²) >= 11 is 0. The number of carbonyl (C=O) groups is 1. The van der Waals surface area contributed by atoms with Crippen LogP contribution in [0.2, 0.25) is 0 Å². The number of rotatable bonds is 4. The Morgan fingerprint density at radius 3 is 2.43 bits per heavy atom. The van der Waals surface area contributed by atoms with Gasteiger partial charge in [0.25, 0.3) is 0 Å². The van der Waals surface area contributed by atoms with E-state index in [4.69, 9.17) is 9.47 Å². The molecule has 2 aromatic rings. The van der Waals surface area contributed by atoms with Crippen molar-refractivity contribution >= 4 is 17.0 Å². The molecule has 4 rings (SSSR count). The maximum atomic E-state index is 11.4. The number of aliphatic hydroxyl groups is 3. The zero-order chi connectivity index (χ0) is 21.7. The van der Waals surface area contributed by atoms with Crippen LogP contribution in [0.25, 0.3) is 11.0 Å². The standard InChI is InChI=1S/C20H27N3O7/c1-8(2)12-11-9-6-4-5-7-10(9)18(21-17(11)23(3)22-12)30-20-15(26)13(24)14(25)16(29-20)19(27)28/h8,13-16,20,24-26H,4-7H2,1-3H3,(H,27,28)/t13-,14+,15+,16-,20-/m0/s1. The molecule has 2 aromatic heterocycles. The van der Waals surface area contributed by atoms with Crippen molar-refractivity contribution in [1.29, 1.82) is 0 Å². The van der Waals surface area contributed by atoms with E-state index in [0.717, 1.165) is 47.9 Å². The first kappa shape index (κ1) is 21.0. The maximum Gasteiger partial charge on any atom is 0.335 e. The Kier molecular flexibility index (Phi) is 5.43. The Labute approximate surface area is 173 Å². The Bertz CT molecular complexity index is 973. The van der Waals surface area contributed by atoms with E-state index in [1.165, 1.54) is 0 Å². The lowest BCUT2D eigenvalue weighted by Gasteiger charge is -2.38. The molecule has 10 nitrogen and oxygen atoms in total. The average molecular weight is 421 g/mol. The molecular formula is C20H27N3O7. The van der Waals surface area contributed by atoms with E-state index >= 15 is 0 Å². The average Bonchev–Trinajstić information content (AvgIpc) is 3.05. The molecule has 0 amide bonds. The molecule has 4 N–H and O–H groups in total. The van der Waals surface area contributed by atoms with Gasteiger partial charge < -0.3 is 29.9 Å². The van der Waals surface area contributed by atoms with Crippen LogP contribution in [0.5, 0.6) is 5.88 Å². The van der Waals surface area contributed by atoms with Crippen molar-refractivity contribution in [1.82, 2.24) is 14.8 Å². The molecule has 0 radical (unpaired) electrons. The zero-order valence-corrected chi connectivity index (χ0v) is 17.1. The smallest absolute Gasteiger partial charge is 0.335 e. The van der Waals surface area contributed by atoms with Crippen LogP contribution in [0.3, 0.4) is 0 Å². The number of aliphatic hydroxyl groups excluding tert-OH is 3. The lowest BCUT2D eigenvalue weighted by molar-refractivity contribution is -0.271. The molecule has 1 aliphatic heterocycles. The summed E-state index contributed by atoms with van der Waals surface area (Å²) in [5.41, 5.74) is 3.57. The highest BCUT2D eigenvalue weighted by Gasteiger charge is 2.48. The third-order valence-electron chi connectivity index (χ3n) is 5.87. The number of nitrogens with zero attached hydrogens (tertiary/aromatic N) is 3. The molecule has 3 heterocycles. The topological polar surface area (TPSA) is 147 Å². The number of carboxylic acids is 1. The number of carboxylic acid groups (broad SMARTS) is 1. The van der Waals surface area contributed by atoms with Crippen molar-refractivity contribution < 1.29 is 34.7 Å². The molecule has 2 aliphatic rings. The van der Waals surface area contributed by atoms with E-state index in [9.17, 15) is 25.2 Å². The van der Waals surface area contributed by atoms with Crippen LogP contribution >= 0.6 is 0 Å². The van der Waals surface area contributed by atoms with Crippen molar-refractivity contribution in [3.05, 3.63) is 16.8 Å². The van der Waals surface area contributed by atoms with Crippen LogP contribution in [0, 0.1) is 0 Å². The molecule has 1 aliphatic carbocycles. The highest BCUT2D eigenvalue weighted by Crippen LogP contribution is 2.38. The monoisotopic (exact) mass is 421 g/mol. The van der Waals surface area contributed by atoms with Gasteiger partial charge in [-0.05, 0) is 37.2 Å². The summed E-state index contributed by atoms with van der Waals surface area (Å²) < 4.78 is 12.8. The fourth-order valence-electron chi connectivity index (χ4n) is 4.30. The molecule has 0 aromatic carbocycles. The van der Waals surface area contributed by atoms with E-state index in [2.05, 4.69) is 23.9 Å². The number of aryl methyl sites for hydroxylation is 2. The summed E-state index contributed by atoms with van der Waals surface area (Å²) in [6.07, 6.45) is -4.82. The molecule has 0 spiro atoms. The Morgan fingerprint density at radius 2 is 1.80 bits per heavy atom. The van der Waals surface area contributed by atoms with Gasteiger partial charge in [0.05, 0.1) is 5.69 Å². The van der Waals surface area contributed by atoms with Crippen LogP contribution in [0.4, 0.5) is 0 Å². The van der Waals surface area contributed by atoms with Gasteiger partial charge in [0.1, 0.15) is 18.3 Å². The normalized spacial score (nSPS) is 29.2. The summed E-state index contributed by atoms with van der Waals surface area (Å²) in [6, 6.07) is 0. The lowest BCUT2D eigenvalue weighted by atomic mass is 9.89. The second-order valence-electron chi connectivity index (χ2n) is 8.30. The quantitative estimate of drug-likeness (QED) is 0.545. The van der Waals surface area contributed by atoms with Crippen molar-refractivity contribution in [2.45, 2.75) is 76.2 Å². The minimum atomic E-state index is -1.77. The first-order valence-electron chi connectivity index (χ1n) is 10.2. The molecule has 0 bridgehead atoms. The highest BCUT2D eigenvalue weighted by atomic mass is 16.7. The number of aliphatic carboxylic acids is 1. The summed E-state index contributed by atoms with van der Waals surface area (Å²) in [6.45, 7) is 4.15. The van der Waals surface area contributed by atoms with E-state index in [1.54, 1.807) is 11.7 Å². The van der Waals surface area contributed by atoms with Crippen LogP contribution in [-0.2, 0) is 29.4 Å². The molecule has 10 heteroatoms. The zero-order valence-electron chi connectivity index (χ0n) is 17.1. The minimum absolute atomic E-state index is 0.213. The number of hydrogen-bond donors (Lipinski definition) is 4. The van der Waals surface area contributed by atoms with Crippen LogP contribution in [0.1, 0.15) is 49.4 Å². The third-order valence-corrected chi connectivity index (χ3v) is 5.87. The number of ether oxygens (including phenoxy) is 2. The summed E-state index contributed by atoms with van der Waals surface area (Å²) in [5.74, 6) is -1.02. The largest absolute Gasteiger partial charge is 0.479 e. The van der Waals surface area contributed by atoms with Crippen molar-refractivity contribution in [3.63, 3.8) is 0 Å². The summed E-state index contributed by atoms with van der Waals surface area (Å²) in [4.78, 5) is 16.0. The first-order chi connectivity index (χ1) is 14.2. The van der Waals surface area contributed by atoms with Crippen LogP contribution < -0.4 is 4.74 Å². The van der Waals surface area contributed by atoms with E-state index < -0.39 is 36.7 Å². The molecule has 30 heavy (non-hydrogen) atoms. The fourth-order valence-corrected chi connectivity index (χ4v) is 4.30. The van der Waals surface area contributed by atoms with Gasteiger partial charge in [0, 0.05) is 18.0 Å². The Hall–Kier alpha value is -2.27. The molecule has 164 valence electrons. The van der Waals surface area contributed by atoms with Crippen LogP contribution in [0.15, 0.2) is 0 Å². The molecule has 5 atom stereocenters. The fraction of sp³-hybridized carbons (Fsp3) is 0.650. The third kappa shape index (κ3) is 3.33. The predicted octanol–water partition coefficient (Wildman–Crippen LogP) is 0.242. The van der Waals surface area contributed by atoms with Gasteiger partial charge in [-0.2, -0.15) is 10.1 Å². The highest BCUT2D eigenvalue weighted by molar-refractivity contribution is 5.85. The number of fused-ring (bicyclic) bond motifs is 3. The van der Waals surface area contributed by atoms with E-state index in [1.807, 2.05) is 0 Å². The van der Waals surface area contributed by atoms with E-state index in [0.29, 0.717) is 5.65 Å². The number of aromatic nitrogens is 3. The van der Waals surface area contributed by atoms with Crippen molar-refractivity contribution in [2.75, 3.05) is 0 Å². The summed E-state index contributed by atoms with van der Waals surface area (Å²) in [7, 11) is 1.80. The van der Waals surface area contributed by atoms with Gasteiger partial charge in [-0.1, -0.05) is 13.8 Å². The van der Waals surface area contributed by atoms with Gasteiger partial charge in [-0.15, -0.1) is 0 Å². The molecule has 0 unspecified atom stereocenters. The Balaban J connectivity index is 1.78. The Morgan fingerprint density at radius 1 is 1.13 bits per heavy atom. The van der Waals surface area contributed by atoms with Gasteiger partial charge in [0.2, 0.25) is 12.2 Å². The molecule has 1 saturated heterocycles. The van der Waals surface area contributed by atoms with Crippen LogP contribution in [-0.4, -0.2) is 71.9 Å². The van der Waals surface area contributed by atoms with Gasteiger partial charge in [0.15, 0.2) is 11.8 Å². The number of hydrogen-bond acceptors (Lipinski definition) is 8. The second-order valence-corrected chi connectivity index (χ2v) is 8.30. The van der Waals surface area contributed by atoms with Gasteiger partial charge in [-0.3, -0.25) is 4.68 Å². The molecule has 1 fully saturated rings. The second kappa shape index (κ2) is 7.77. The maximum absolute atomic E-state index is 11.4. The predicted molar refractivity (Wildman–Crippen MR) is 104 cm³/mol. The number of pyridine rings is 1. The molecular weight excluding hydrogens is 394 g/mol. The molecule has 0 saturated carbocycles. The SMILES string of the molecule is CC(C)c1nn(C)c2nc(O[C@@H]3O[C@H](C(=O)O)[C@H](O)[C@H](O)[C@H]3O)c3c(c12)CCCC3. The summed E-state index contributed by atoms with van der Waals surface area (Å²) in [5, 5.41) is 45.2. The minimum Gasteiger partial charge on any atom is -0.479 e. The van der Waals surface area contributed by atoms with Gasteiger partial charge >= 0.3 is 5.97 Å². The lowest BCUT2D eigenvalue weighted by Crippen LogP contribution is -2.61. The van der Waals surface area contributed by atoms with Crippen molar-refractivity contribution in [3.8, 4) is 5.88 Å². The van der Waals surface area contributed by atoms with E-state index in [-0.39, 0.29) is 11.8 Å². The first-order valence-corrected chi connectivity index (χ1v) is 10.2. The van der Waals surface area contributed by atoms with Crippen molar-refractivity contribution in [2.24, 2.45) is 7.05 Å².